The SMILES string of the molecule is COC(=O)c1[nH]c(N2CCC(Cc3ccc(F)c(F)c3)C2=O)c(Cl)c1Br. The molecule has 2 aromatic rings. The quantitative estimate of drug-likeness (QED) is 0.718. The van der Waals surface area contributed by atoms with Gasteiger partial charge in [0.2, 0.25) is 5.91 Å². The number of ether oxygens (including phenoxy) is 1. The molecular weight excluding hydrogens is 434 g/mol. The molecule has 9 heteroatoms. The molecule has 0 saturated carbocycles. The van der Waals surface area contributed by atoms with Gasteiger partial charge >= 0.3 is 5.97 Å². The molecule has 1 aliphatic rings. The standard InChI is InChI=1S/C17H14BrClF2N2O3/c1-26-17(25)14-12(18)13(19)15(22-14)23-5-4-9(16(23)24)6-8-2-3-10(20)11(21)7-8/h2-3,7,9,22H,4-6H2,1H3. The van der Waals surface area contributed by atoms with Crippen LogP contribution in [0.2, 0.25) is 5.02 Å². The van der Waals surface area contributed by atoms with E-state index in [1.165, 1.54) is 18.1 Å². The van der Waals surface area contributed by atoms with Gasteiger partial charge in [0, 0.05) is 12.5 Å². The van der Waals surface area contributed by atoms with Crippen molar-refractivity contribution in [2.45, 2.75) is 12.8 Å². The number of aromatic amines is 1. The lowest BCUT2D eigenvalue weighted by Gasteiger charge is -2.16. The highest BCUT2D eigenvalue weighted by atomic mass is 79.9. The summed E-state index contributed by atoms with van der Waals surface area (Å²) in [6, 6.07) is 3.60. The molecule has 0 bridgehead atoms. The third-order valence-electron chi connectivity index (χ3n) is 4.31. The molecule has 3 rings (SSSR count). The first-order chi connectivity index (χ1) is 12.3. The zero-order chi connectivity index (χ0) is 19.0. The van der Waals surface area contributed by atoms with Gasteiger partial charge < -0.3 is 9.72 Å². The fourth-order valence-electron chi connectivity index (χ4n) is 2.97. The van der Waals surface area contributed by atoms with Crippen molar-refractivity contribution in [3.8, 4) is 0 Å². The Kier molecular flexibility index (Phi) is 5.34. The van der Waals surface area contributed by atoms with Crippen LogP contribution in [-0.2, 0) is 16.0 Å². The number of amides is 1. The molecule has 2 heterocycles. The van der Waals surface area contributed by atoms with E-state index in [0.29, 0.717) is 28.8 Å². The molecule has 0 aliphatic carbocycles. The van der Waals surface area contributed by atoms with Crippen molar-refractivity contribution < 1.29 is 23.1 Å². The number of hydrogen-bond donors (Lipinski definition) is 1. The lowest BCUT2D eigenvalue weighted by atomic mass is 9.98. The maximum atomic E-state index is 13.4. The van der Waals surface area contributed by atoms with Crippen molar-refractivity contribution in [3.05, 3.63) is 50.6 Å². The van der Waals surface area contributed by atoms with E-state index in [2.05, 4.69) is 25.7 Å². The number of nitrogens with one attached hydrogen (secondary N) is 1. The van der Waals surface area contributed by atoms with Gasteiger partial charge in [-0.2, -0.15) is 0 Å². The van der Waals surface area contributed by atoms with Crippen LogP contribution in [0.1, 0.15) is 22.5 Å². The molecule has 1 aromatic heterocycles. The van der Waals surface area contributed by atoms with Gasteiger partial charge in [0.1, 0.15) is 11.5 Å². The van der Waals surface area contributed by atoms with E-state index in [9.17, 15) is 18.4 Å². The summed E-state index contributed by atoms with van der Waals surface area (Å²) in [5.74, 6) is -2.77. The first-order valence-electron chi connectivity index (χ1n) is 7.74. The molecule has 0 radical (unpaired) electrons. The minimum Gasteiger partial charge on any atom is -0.464 e. The molecule has 1 unspecified atom stereocenters. The van der Waals surface area contributed by atoms with E-state index in [4.69, 9.17) is 11.6 Å². The van der Waals surface area contributed by atoms with Crippen LogP contribution >= 0.6 is 27.5 Å². The molecule has 26 heavy (non-hydrogen) atoms. The maximum absolute atomic E-state index is 13.4. The highest BCUT2D eigenvalue weighted by Crippen LogP contribution is 2.39. The van der Waals surface area contributed by atoms with E-state index in [-0.39, 0.29) is 29.0 Å². The Hall–Kier alpha value is -1.93. The number of hydrogen-bond acceptors (Lipinski definition) is 3. The van der Waals surface area contributed by atoms with Crippen LogP contribution in [0, 0.1) is 17.6 Å². The van der Waals surface area contributed by atoms with Crippen molar-refractivity contribution in [2.75, 3.05) is 18.6 Å². The Balaban J connectivity index is 1.81. The van der Waals surface area contributed by atoms with Gasteiger partial charge in [-0.15, -0.1) is 0 Å². The number of aromatic nitrogens is 1. The summed E-state index contributed by atoms with van der Waals surface area (Å²) in [6.07, 6.45) is 0.814. The predicted molar refractivity (Wildman–Crippen MR) is 95.4 cm³/mol. The lowest BCUT2D eigenvalue weighted by Crippen LogP contribution is -2.28. The fraction of sp³-hybridized carbons (Fsp3) is 0.294. The Labute approximate surface area is 161 Å². The van der Waals surface area contributed by atoms with Gasteiger partial charge in [0.25, 0.3) is 0 Å². The molecule has 1 saturated heterocycles. The van der Waals surface area contributed by atoms with E-state index < -0.39 is 17.6 Å². The van der Waals surface area contributed by atoms with Crippen LogP contribution in [0.25, 0.3) is 0 Å². The van der Waals surface area contributed by atoms with Gasteiger partial charge in [-0.05, 0) is 46.5 Å². The predicted octanol–water partition coefficient (Wildman–Crippen LogP) is 4.09. The first-order valence-corrected chi connectivity index (χ1v) is 8.91. The average molecular weight is 448 g/mol. The molecule has 1 aliphatic heterocycles. The van der Waals surface area contributed by atoms with Gasteiger partial charge in [0.05, 0.1) is 16.6 Å². The number of carbonyl (C=O) groups is 2. The highest BCUT2D eigenvalue weighted by molar-refractivity contribution is 9.10. The fourth-order valence-corrected chi connectivity index (χ4v) is 3.66. The third-order valence-corrected chi connectivity index (χ3v) is 5.69. The van der Waals surface area contributed by atoms with Crippen molar-refractivity contribution in [3.63, 3.8) is 0 Å². The number of H-pyrrole nitrogens is 1. The van der Waals surface area contributed by atoms with Crippen LogP contribution in [0.5, 0.6) is 0 Å². The summed E-state index contributed by atoms with van der Waals surface area (Å²) in [5.41, 5.74) is 0.655. The second-order valence-corrected chi connectivity index (χ2v) is 7.07. The summed E-state index contributed by atoms with van der Waals surface area (Å²) in [6.45, 7) is 0.389. The molecule has 1 amide bonds. The van der Waals surface area contributed by atoms with Crippen LogP contribution in [0.4, 0.5) is 14.6 Å². The number of nitrogens with zero attached hydrogens (tertiary/aromatic N) is 1. The topological polar surface area (TPSA) is 62.4 Å². The average Bonchev–Trinajstić information content (AvgIpc) is 3.11. The molecule has 1 atom stereocenters. The zero-order valence-corrected chi connectivity index (χ0v) is 16.0. The van der Waals surface area contributed by atoms with Crippen LogP contribution in [0.15, 0.2) is 22.7 Å². The Bertz CT molecular complexity index is 887. The van der Waals surface area contributed by atoms with Crippen molar-refractivity contribution in [2.24, 2.45) is 5.92 Å². The van der Waals surface area contributed by atoms with Crippen LogP contribution in [-0.4, -0.2) is 30.5 Å². The number of rotatable bonds is 4. The number of esters is 1. The molecule has 1 aromatic carbocycles. The molecule has 1 fully saturated rings. The largest absolute Gasteiger partial charge is 0.464 e. The number of anilines is 1. The van der Waals surface area contributed by atoms with Crippen molar-refractivity contribution in [1.82, 2.24) is 4.98 Å². The van der Waals surface area contributed by atoms with Crippen molar-refractivity contribution >= 4 is 45.2 Å². The molecule has 5 nitrogen and oxygen atoms in total. The highest BCUT2D eigenvalue weighted by Gasteiger charge is 2.36. The van der Waals surface area contributed by atoms with Crippen LogP contribution < -0.4 is 4.90 Å². The summed E-state index contributed by atoms with van der Waals surface area (Å²) in [5, 5.41) is 0.201. The second kappa shape index (κ2) is 7.36. The number of benzene rings is 1. The number of halogens is 4. The number of carbonyl (C=O) groups excluding carboxylic acids is 2. The summed E-state index contributed by atoms with van der Waals surface area (Å²) in [7, 11) is 1.24. The van der Waals surface area contributed by atoms with E-state index in [1.54, 1.807) is 0 Å². The minimum atomic E-state index is -0.941. The lowest BCUT2D eigenvalue weighted by molar-refractivity contribution is -0.120. The first kappa shape index (κ1) is 18.8. The summed E-state index contributed by atoms with van der Waals surface area (Å²) >= 11 is 9.45. The number of methoxy groups -OCH3 is 1. The molecule has 138 valence electrons. The summed E-state index contributed by atoms with van der Waals surface area (Å²) < 4.78 is 31.4. The van der Waals surface area contributed by atoms with Crippen molar-refractivity contribution in [1.29, 1.82) is 0 Å². The molecule has 1 N–H and O–H groups in total. The van der Waals surface area contributed by atoms with Gasteiger partial charge in [-0.3, -0.25) is 9.69 Å². The van der Waals surface area contributed by atoms with E-state index >= 15 is 0 Å². The second-order valence-electron chi connectivity index (χ2n) is 5.90. The van der Waals surface area contributed by atoms with Gasteiger partial charge in [0.15, 0.2) is 11.6 Å². The monoisotopic (exact) mass is 446 g/mol. The maximum Gasteiger partial charge on any atom is 0.355 e. The minimum absolute atomic E-state index is 0.115. The Morgan fingerprint density at radius 3 is 2.81 bits per heavy atom. The Morgan fingerprint density at radius 2 is 2.15 bits per heavy atom. The Morgan fingerprint density at radius 1 is 1.42 bits per heavy atom. The third kappa shape index (κ3) is 3.35. The van der Waals surface area contributed by atoms with E-state index in [1.807, 2.05) is 0 Å². The van der Waals surface area contributed by atoms with Gasteiger partial charge in [-0.25, -0.2) is 13.6 Å². The van der Waals surface area contributed by atoms with Crippen LogP contribution in [0.3, 0.4) is 0 Å². The molecular formula is C17H14BrClF2N2O3. The van der Waals surface area contributed by atoms with E-state index in [0.717, 1.165) is 12.1 Å². The van der Waals surface area contributed by atoms with Gasteiger partial charge in [-0.1, -0.05) is 17.7 Å². The normalized spacial score (nSPS) is 17.0. The zero-order valence-electron chi connectivity index (χ0n) is 13.6. The molecule has 0 spiro atoms. The smallest absolute Gasteiger partial charge is 0.355 e. The summed E-state index contributed by atoms with van der Waals surface area (Å²) in [4.78, 5) is 28.7.